The van der Waals surface area contributed by atoms with Gasteiger partial charge in [-0.15, -0.1) is 0 Å². The number of rotatable bonds is 5. The van der Waals surface area contributed by atoms with Crippen molar-refractivity contribution in [1.82, 2.24) is 0 Å². The highest BCUT2D eigenvalue weighted by Crippen LogP contribution is 2.23. The van der Waals surface area contributed by atoms with Crippen molar-refractivity contribution in [2.24, 2.45) is 0 Å². The molecule has 110 valence electrons. The molecule has 1 N–H and O–H groups in total. The quantitative estimate of drug-likeness (QED) is 0.914. The van der Waals surface area contributed by atoms with E-state index in [2.05, 4.69) is 12.2 Å². The molecule has 4 nitrogen and oxygen atoms in total. The zero-order valence-electron chi connectivity index (χ0n) is 12.5. The topological polar surface area (TPSA) is 47.6 Å². The number of anilines is 1. The lowest BCUT2D eigenvalue weighted by Crippen LogP contribution is -2.12. The molecule has 2 aromatic rings. The van der Waals surface area contributed by atoms with Gasteiger partial charge in [0.1, 0.15) is 11.5 Å². The minimum absolute atomic E-state index is 0.198. The van der Waals surface area contributed by atoms with E-state index in [-0.39, 0.29) is 5.91 Å². The zero-order chi connectivity index (χ0) is 15.2. The smallest absolute Gasteiger partial charge is 0.255 e. The van der Waals surface area contributed by atoms with E-state index >= 15 is 0 Å². The van der Waals surface area contributed by atoms with Crippen molar-refractivity contribution in [1.29, 1.82) is 0 Å². The number of methoxy groups -OCH3 is 2. The fourth-order valence-corrected chi connectivity index (χ4v) is 1.97. The van der Waals surface area contributed by atoms with Crippen molar-refractivity contribution >= 4 is 11.6 Å². The second-order valence-electron chi connectivity index (χ2n) is 4.61. The van der Waals surface area contributed by atoms with Crippen LogP contribution in [-0.2, 0) is 6.42 Å². The lowest BCUT2D eigenvalue weighted by atomic mass is 10.1. The van der Waals surface area contributed by atoms with Gasteiger partial charge in [-0.2, -0.15) is 0 Å². The van der Waals surface area contributed by atoms with Gasteiger partial charge in [0.15, 0.2) is 0 Å². The van der Waals surface area contributed by atoms with Gasteiger partial charge >= 0.3 is 0 Å². The molecule has 1 amide bonds. The number of carbonyl (C=O) groups is 1. The van der Waals surface area contributed by atoms with Crippen molar-refractivity contribution in [2.45, 2.75) is 13.3 Å². The number of ether oxygens (including phenoxy) is 2. The summed E-state index contributed by atoms with van der Waals surface area (Å²) in [6, 6.07) is 12.9. The largest absolute Gasteiger partial charge is 0.497 e. The van der Waals surface area contributed by atoms with Crippen LogP contribution in [0.15, 0.2) is 42.5 Å². The fourth-order valence-electron chi connectivity index (χ4n) is 1.97. The van der Waals surface area contributed by atoms with Crippen molar-refractivity contribution < 1.29 is 14.3 Å². The summed E-state index contributed by atoms with van der Waals surface area (Å²) in [5.41, 5.74) is 2.49. The van der Waals surface area contributed by atoms with E-state index in [4.69, 9.17) is 9.47 Å². The maximum absolute atomic E-state index is 12.3. The second-order valence-corrected chi connectivity index (χ2v) is 4.61. The number of aryl methyl sites for hydroxylation is 1. The van der Waals surface area contributed by atoms with E-state index in [1.165, 1.54) is 5.56 Å². The van der Waals surface area contributed by atoms with Crippen LogP contribution in [0.1, 0.15) is 22.8 Å². The van der Waals surface area contributed by atoms with Crippen LogP contribution in [0.25, 0.3) is 0 Å². The molecule has 0 aliphatic rings. The van der Waals surface area contributed by atoms with Gasteiger partial charge in [0, 0.05) is 17.3 Å². The lowest BCUT2D eigenvalue weighted by Gasteiger charge is -2.09. The molecule has 4 heteroatoms. The number of hydrogen-bond donors (Lipinski definition) is 1. The Morgan fingerprint density at radius 2 is 1.57 bits per heavy atom. The number of hydrogen-bond acceptors (Lipinski definition) is 3. The molecule has 0 spiro atoms. The molecule has 0 fully saturated rings. The average molecular weight is 285 g/mol. The first-order valence-electron chi connectivity index (χ1n) is 6.79. The molecule has 0 radical (unpaired) electrons. The van der Waals surface area contributed by atoms with Crippen LogP contribution in [0.3, 0.4) is 0 Å². The lowest BCUT2D eigenvalue weighted by molar-refractivity contribution is 0.102. The summed E-state index contributed by atoms with van der Waals surface area (Å²) in [6.07, 6.45) is 0.974. The predicted molar refractivity (Wildman–Crippen MR) is 83.3 cm³/mol. The summed E-state index contributed by atoms with van der Waals surface area (Å²) in [5, 5.41) is 2.86. The van der Waals surface area contributed by atoms with E-state index in [1.54, 1.807) is 32.4 Å². The molecule has 2 rings (SSSR count). The van der Waals surface area contributed by atoms with E-state index in [0.29, 0.717) is 17.1 Å². The molecule has 0 unspecified atom stereocenters. The third-order valence-corrected chi connectivity index (χ3v) is 3.23. The molecule has 0 aliphatic carbocycles. The third kappa shape index (κ3) is 3.75. The molecule has 0 aliphatic heterocycles. The van der Waals surface area contributed by atoms with Crippen molar-refractivity contribution in [3.8, 4) is 11.5 Å². The minimum Gasteiger partial charge on any atom is -0.497 e. The highest BCUT2D eigenvalue weighted by Gasteiger charge is 2.10. The fraction of sp³-hybridized carbons (Fsp3) is 0.235. The molecule has 2 aromatic carbocycles. The van der Waals surface area contributed by atoms with Crippen molar-refractivity contribution in [3.05, 3.63) is 53.6 Å². The van der Waals surface area contributed by atoms with Gasteiger partial charge in [0.2, 0.25) is 0 Å². The van der Waals surface area contributed by atoms with Crippen LogP contribution < -0.4 is 14.8 Å². The predicted octanol–water partition coefficient (Wildman–Crippen LogP) is 3.52. The maximum Gasteiger partial charge on any atom is 0.255 e. The summed E-state index contributed by atoms with van der Waals surface area (Å²) in [6.45, 7) is 2.09. The highest BCUT2D eigenvalue weighted by molar-refractivity contribution is 6.04. The SMILES string of the molecule is CCc1ccc(NC(=O)c2cc(OC)cc(OC)c2)cc1. The molecule has 0 heterocycles. The molecule has 0 saturated heterocycles. The van der Waals surface area contributed by atoms with E-state index in [1.807, 2.05) is 24.3 Å². The van der Waals surface area contributed by atoms with Gasteiger partial charge in [-0.3, -0.25) is 4.79 Å². The molecular weight excluding hydrogens is 266 g/mol. The summed E-state index contributed by atoms with van der Waals surface area (Å²) in [5.74, 6) is 0.970. The van der Waals surface area contributed by atoms with Crippen LogP contribution in [0.4, 0.5) is 5.69 Å². The molecule has 0 saturated carbocycles. The Balaban J connectivity index is 2.18. The van der Waals surface area contributed by atoms with E-state index in [0.717, 1.165) is 12.1 Å². The van der Waals surface area contributed by atoms with Crippen LogP contribution in [-0.4, -0.2) is 20.1 Å². The van der Waals surface area contributed by atoms with Crippen LogP contribution in [0.2, 0.25) is 0 Å². The molecule has 0 bridgehead atoms. The second kappa shape index (κ2) is 6.79. The van der Waals surface area contributed by atoms with Crippen LogP contribution >= 0.6 is 0 Å². The van der Waals surface area contributed by atoms with E-state index < -0.39 is 0 Å². The Labute approximate surface area is 124 Å². The maximum atomic E-state index is 12.3. The first kappa shape index (κ1) is 14.9. The van der Waals surface area contributed by atoms with Gasteiger partial charge in [-0.05, 0) is 36.2 Å². The average Bonchev–Trinajstić information content (AvgIpc) is 2.54. The summed E-state index contributed by atoms with van der Waals surface area (Å²) in [7, 11) is 3.11. The summed E-state index contributed by atoms with van der Waals surface area (Å²) in [4.78, 5) is 12.3. The molecule has 0 atom stereocenters. The van der Waals surface area contributed by atoms with Gasteiger partial charge < -0.3 is 14.8 Å². The summed E-state index contributed by atoms with van der Waals surface area (Å²) >= 11 is 0. The number of carbonyl (C=O) groups excluding carboxylic acids is 1. The van der Waals surface area contributed by atoms with Crippen molar-refractivity contribution in [3.63, 3.8) is 0 Å². The zero-order valence-corrected chi connectivity index (χ0v) is 12.5. The standard InChI is InChI=1S/C17H19NO3/c1-4-12-5-7-14(8-6-12)18-17(19)13-9-15(20-2)11-16(10-13)21-3/h5-11H,4H2,1-3H3,(H,18,19). The Morgan fingerprint density at radius 3 is 2.05 bits per heavy atom. The first-order valence-corrected chi connectivity index (χ1v) is 6.79. The molecular formula is C17H19NO3. The highest BCUT2D eigenvalue weighted by atomic mass is 16.5. The number of nitrogens with one attached hydrogen (secondary N) is 1. The Hall–Kier alpha value is -2.49. The number of amides is 1. The minimum atomic E-state index is -0.198. The first-order chi connectivity index (χ1) is 10.2. The van der Waals surface area contributed by atoms with Gasteiger partial charge in [-0.25, -0.2) is 0 Å². The van der Waals surface area contributed by atoms with Crippen molar-refractivity contribution in [2.75, 3.05) is 19.5 Å². The van der Waals surface area contributed by atoms with Gasteiger partial charge in [0.05, 0.1) is 14.2 Å². The normalized spacial score (nSPS) is 10.0. The Kier molecular flexibility index (Phi) is 4.82. The Bertz CT molecular complexity index is 598. The van der Waals surface area contributed by atoms with Crippen LogP contribution in [0.5, 0.6) is 11.5 Å². The number of benzene rings is 2. The van der Waals surface area contributed by atoms with Crippen LogP contribution in [0, 0.1) is 0 Å². The third-order valence-electron chi connectivity index (χ3n) is 3.23. The molecule has 0 aromatic heterocycles. The van der Waals surface area contributed by atoms with Gasteiger partial charge in [0.25, 0.3) is 5.91 Å². The molecule has 21 heavy (non-hydrogen) atoms. The summed E-state index contributed by atoms with van der Waals surface area (Å²) < 4.78 is 10.3. The monoisotopic (exact) mass is 285 g/mol. The Morgan fingerprint density at radius 1 is 1.00 bits per heavy atom. The van der Waals surface area contributed by atoms with E-state index in [9.17, 15) is 4.79 Å². The van der Waals surface area contributed by atoms with Gasteiger partial charge in [-0.1, -0.05) is 19.1 Å².